The van der Waals surface area contributed by atoms with Gasteiger partial charge in [-0.2, -0.15) is 0 Å². The second kappa shape index (κ2) is 22.1. The monoisotopic (exact) mass is 896 g/mol. The summed E-state index contributed by atoms with van der Waals surface area (Å²) in [5.74, 6) is -6.77. The lowest BCUT2D eigenvalue weighted by Gasteiger charge is -2.48. The van der Waals surface area contributed by atoms with Crippen molar-refractivity contribution in [2.45, 2.75) is 118 Å². The van der Waals surface area contributed by atoms with E-state index in [2.05, 4.69) is 16.0 Å². The van der Waals surface area contributed by atoms with Crippen molar-refractivity contribution in [1.82, 2.24) is 16.0 Å². The Morgan fingerprint density at radius 1 is 0.825 bits per heavy atom. The smallest absolute Gasteiger partial charge is 0.364 e. The van der Waals surface area contributed by atoms with Crippen molar-refractivity contribution < 1.29 is 93.6 Å². The number of amides is 3. The van der Waals surface area contributed by atoms with Crippen molar-refractivity contribution >= 4 is 23.7 Å². The lowest BCUT2D eigenvalue weighted by atomic mass is 9.88. The average molecular weight is 897 g/mol. The fourth-order valence-corrected chi connectivity index (χ4v) is 7.52. The molecule has 3 saturated heterocycles. The summed E-state index contributed by atoms with van der Waals surface area (Å²) in [6, 6.07) is 13.0. The number of carboxylic acid groups (broad SMARTS) is 1. The molecule has 3 aliphatic heterocycles. The minimum atomic E-state index is -2.90. The highest BCUT2D eigenvalue weighted by Crippen LogP contribution is 2.36. The van der Waals surface area contributed by atoms with Crippen LogP contribution in [-0.2, 0) is 42.8 Å². The van der Waals surface area contributed by atoms with Gasteiger partial charge < -0.3 is 96.1 Å². The molecule has 0 bridgehead atoms. The van der Waals surface area contributed by atoms with Gasteiger partial charge in [-0.1, -0.05) is 42.5 Å². The maximum absolute atomic E-state index is 13.0. The van der Waals surface area contributed by atoms with E-state index in [0.29, 0.717) is 0 Å². The van der Waals surface area contributed by atoms with Crippen LogP contribution in [-0.4, -0.2) is 200 Å². The van der Waals surface area contributed by atoms with Crippen LogP contribution < -0.4 is 21.7 Å². The second-order valence-corrected chi connectivity index (χ2v) is 15.4. The number of rotatable bonds is 18. The van der Waals surface area contributed by atoms with Crippen LogP contribution in [0.5, 0.6) is 0 Å². The first-order valence-electron chi connectivity index (χ1n) is 20.1. The number of aliphatic hydroxyl groups excluding tert-OH is 8. The summed E-state index contributed by atoms with van der Waals surface area (Å²) in [5, 5.41) is 105. The summed E-state index contributed by atoms with van der Waals surface area (Å²) >= 11 is 0. The number of ether oxygens (including phenoxy) is 6. The number of hydrogen-bond donors (Lipinski definition) is 13. The van der Waals surface area contributed by atoms with Crippen LogP contribution in [0.3, 0.4) is 0 Å². The van der Waals surface area contributed by atoms with E-state index in [1.807, 2.05) is 30.3 Å². The van der Waals surface area contributed by atoms with Gasteiger partial charge in [-0.25, -0.2) is 4.79 Å². The van der Waals surface area contributed by atoms with Gasteiger partial charge in [0.15, 0.2) is 12.6 Å². The van der Waals surface area contributed by atoms with E-state index >= 15 is 0 Å². The molecule has 0 unspecified atom stereocenters. The van der Waals surface area contributed by atoms with Crippen LogP contribution in [0.2, 0.25) is 0 Å². The fraction of sp³-hybridized carbons (Fsp3) is 0.600. The quantitative estimate of drug-likeness (QED) is 0.0666. The number of aliphatic hydroxyl groups is 8. The zero-order valence-electron chi connectivity index (χ0n) is 34.3. The molecule has 0 aromatic heterocycles. The Balaban J connectivity index is 1.29. The molecule has 0 saturated carbocycles. The van der Waals surface area contributed by atoms with Crippen LogP contribution in [0.1, 0.15) is 30.6 Å². The highest BCUT2D eigenvalue weighted by molar-refractivity contribution is 5.94. The van der Waals surface area contributed by atoms with E-state index in [9.17, 15) is 65.1 Å². The summed E-state index contributed by atoms with van der Waals surface area (Å²) in [5.41, 5.74) is 7.46. The van der Waals surface area contributed by atoms with Crippen molar-refractivity contribution in [3.05, 3.63) is 60.2 Å². The number of nitrogens with two attached hydrogens (primary N) is 1. The molecular weight excluding hydrogens is 840 g/mol. The molecule has 23 nitrogen and oxygen atoms in total. The van der Waals surface area contributed by atoms with Gasteiger partial charge >= 0.3 is 5.97 Å². The first-order valence-corrected chi connectivity index (χ1v) is 20.1. The predicted octanol–water partition coefficient (Wildman–Crippen LogP) is -4.99. The van der Waals surface area contributed by atoms with Crippen molar-refractivity contribution in [2.75, 3.05) is 32.9 Å². The number of carbonyl (C=O) groups is 4. The third-order valence-electron chi connectivity index (χ3n) is 10.8. The van der Waals surface area contributed by atoms with Crippen LogP contribution in [0.4, 0.5) is 0 Å². The Kier molecular flexibility index (Phi) is 17.4. The third kappa shape index (κ3) is 11.9. The van der Waals surface area contributed by atoms with E-state index in [4.69, 9.17) is 34.2 Å². The molecule has 5 rings (SSSR count). The largest absolute Gasteiger partial charge is 0.477 e. The van der Waals surface area contributed by atoms with Gasteiger partial charge in [-0.3, -0.25) is 14.4 Å². The van der Waals surface area contributed by atoms with E-state index in [1.165, 1.54) is 0 Å². The SMILES string of the molecule is CC(=O)N[C@H]1[C@H](OCCN)O[C@H](CO)[C@@H](O[C@@H]2O[C@H](CO[C@]3(C(=O)O)C[C@H](O)[C@@H](NC(C)=O)[C@H]([C@H](O)[C@H](O)CNC(=O)c4ccc(-c5ccccc5)cc4)O3)[C@H](O)[C@H](O)[C@H]2O)[C@@H]1O. The summed E-state index contributed by atoms with van der Waals surface area (Å²) in [6.45, 7) is -0.209. The topological polar surface area (TPSA) is 368 Å². The van der Waals surface area contributed by atoms with Crippen LogP contribution >= 0.6 is 0 Å². The number of carboxylic acids is 1. The Hall–Kier alpha value is -4.28. The number of benzene rings is 2. The Morgan fingerprint density at radius 3 is 2.05 bits per heavy atom. The molecule has 3 fully saturated rings. The van der Waals surface area contributed by atoms with Gasteiger partial charge in [0.25, 0.3) is 11.7 Å². The highest BCUT2D eigenvalue weighted by Gasteiger charge is 2.57. The van der Waals surface area contributed by atoms with E-state index in [0.717, 1.165) is 25.0 Å². The zero-order chi connectivity index (χ0) is 46.2. The van der Waals surface area contributed by atoms with Crippen molar-refractivity contribution in [2.24, 2.45) is 5.73 Å². The second-order valence-electron chi connectivity index (χ2n) is 15.4. The van der Waals surface area contributed by atoms with Gasteiger partial charge in [0.1, 0.15) is 61.0 Å². The van der Waals surface area contributed by atoms with E-state index < -0.39 is 147 Å². The summed E-state index contributed by atoms with van der Waals surface area (Å²) in [4.78, 5) is 50.0. The molecule has 3 heterocycles. The average Bonchev–Trinajstić information content (AvgIpc) is 3.26. The van der Waals surface area contributed by atoms with Gasteiger partial charge in [-0.05, 0) is 23.3 Å². The lowest BCUT2D eigenvalue weighted by Crippen LogP contribution is -2.69. The number of hydrogen-bond acceptors (Lipinski definition) is 19. The molecule has 0 spiro atoms. The summed E-state index contributed by atoms with van der Waals surface area (Å²) in [7, 11) is 0. The Bertz CT molecular complexity index is 1830. The molecule has 2 aromatic carbocycles. The molecule has 14 N–H and O–H groups in total. The first kappa shape index (κ1) is 49.7. The van der Waals surface area contributed by atoms with Gasteiger partial charge in [-0.15, -0.1) is 0 Å². The van der Waals surface area contributed by atoms with E-state index in [1.54, 1.807) is 24.3 Å². The standard InChI is InChI=1S/C40H56N4O19/c1-18(46)43-27-23(48)14-40(39(56)57,63-35(27)29(50)24(49)15-42-36(55)22-10-8-21(9-11-22)20-6-4-3-5-7-20)59-17-26-30(51)32(53)33(54)38(61-26)62-34-25(16-45)60-37(58-13-12-41)28(31(34)52)44-19(2)47/h3-11,23-35,37-38,45,48-54H,12-17,41H2,1-2H3,(H,42,55)(H,43,46)(H,44,47)(H,56,57)/t23-,24+,25+,26+,27+,28+,29+,30-,31+,32-,33+,34+,35+,37+,38-,40+/m0/s1. The summed E-state index contributed by atoms with van der Waals surface area (Å²) < 4.78 is 34.1. The molecule has 16 atom stereocenters. The maximum atomic E-state index is 13.0. The first-order chi connectivity index (χ1) is 29.9. The molecule has 23 heteroatoms. The molecule has 0 aliphatic carbocycles. The lowest BCUT2D eigenvalue weighted by molar-refractivity contribution is -0.359. The van der Waals surface area contributed by atoms with E-state index in [-0.39, 0.29) is 18.7 Å². The van der Waals surface area contributed by atoms with Crippen LogP contribution in [0.25, 0.3) is 11.1 Å². The normalized spacial score (nSPS) is 34.3. The van der Waals surface area contributed by atoms with Crippen molar-refractivity contribution in [3.63, 3.8) is 0 Å². The molecule has 3 aliphatic rings. The molecule has 63 heavy (non-hydrogen) atoms. The van der Waals surface area contributed by atoms with Crippen molar-refractivity contribution in [1.29, 1.82) is 0 Å². The van der Waals surface area contributed by atoms with Gasteiger partial charge in [0.05, 0.1) is 38.1 Å². The third-order valence-corrected chi connectivity index (χ3v) is 10.8. The molecule has 0 radical (unpaired) electrons. The molecule has 2 aromatic rings. The minimum Gasteiger partial charge on any atom is -0.477 e. The fourth-order valence-electron chi connectivity index (χ4n) is 7.52. The number of nitrogens with one attached hydrogen (secondary N) is 3. The van der Waals surface area contributed by atoms with Crippen LogP contribution in [0.15, 0.2) is 54.6 Å². The molecule has 3 amide bonds. The number of carbonyl (C=O) groups excluding carboxylic acids is 3. The predicted molar refractivity (Wildman–Crippen MR) is 212 cm³/mol. The van der Waals surface area contributed by atoms with Crippen LogP contribution in [0, 0.1) is 0 Å². The summed E-state index contributed by atoms with van der Waals surface area (Å²) in [6.07, 6.45) is -24.5. The van der Waals surface area contributed by atoms with Crippen molar-refractivity contribution in [3.8, 4) is 11.1 Å². The zero-order valence-corrected chi connectivity index (χ0v) is 34.3. The van der Waals surface area contributed by atoms with Gasteiger partial charge in [0.2, 0.25) is 11.8 Å². The molecular formula is C40H56N4O19. The Labute approximate surface area is 360 Å². The highest BCUT2D eigenvalue weighted by atomic mass is 16.8. The van der Waals surface area contributed by atoms with Gasteiger partial charge in [0, 0.05) is 38.9 Å². The number of aliphatic carboxylic acids is 1. The Morgan fingerprint density at radius 2 is 1.44 bits per heavy atom. The minimum absolute atomic E-state index is 0.0380. The molecule has 350 valence electrons. The maximum Gasteiger partial charge on any atom is 0.364 e.